The first kappa shape index (κ1) is 22.2. The number of fused-ring (bicyclic) bond motifs is 2. The molecule has 0 aliphatic carbocycles. The summed E-state index contributed by atoms with van der Waals surface area (Å²) in [4.78, 5) is 18.1. The summed E-state index contributed by atoms with van der Waals surface area (Å²) in [5, 5.41) is 7.27. The van der Waals surface area contributed by atoms with Crippen molar-refractivity contribution in [3.8, 4) is 5.75 Å². The van der Waals surface area contributed by atoms with Crippen LogP contribution in [0.25, 0.3) is 21.7 Å². The van der Waals surface area contributed by atoms with Crippen molar-refractivity contribution in [2.75, 3.05) is 0 Å². The van der Waals surface area contributed by atoms with E-state index in [1.165, 1.54) is 4.68 Å². The molecule has 0 spiro atoms. The second-order valence-electron chi connectivity index (χ2n) is 8.18. The molecule has 6 heteroatoms. The molecule has 0 aliphatic rings. The number of rotatable bonds is 6. The van der Waals surface area contributed by atoms with Crippen molar-refractivity contribution in [1.82, 2.24) is 9.66 Å². The topological polar surface area (TPSA) is 56.5 Å². The number of ether oxygens (including phenoxy) is 1. The Kier molecular flexibility index (Phi) is 6.42. The van der Waals surface area contributed by atoms with Crippen LogP contribution in [0.2, 0.25) is 0 Å². The van der Waals surface area contributed by atoms with Gasteiger partial charge < -0.3 is 4.74 Å². The van der Waals surface area contributed by atoms with Crippen LogP contribution in [-0.4, -0.2) is 22.0 Å². The van der Waals surface area contributed by atoms with Crippen molar-refractivity contribution in [1.29, 1.82) is 0 Å². The Balaban J connectivity index is 1.93. The lowest BCUT2D eigenvalue weighted by atomic mass is 10.0. The van der Waals surface area contributed by atoms with Gasteiger partial charge in [0.2, 0.25) is 0 Å². The molecule has 1 atom stereocenters. The first-order chi connectivity index (χ1) is 15.4. The Morgan fingerprint density at radius 1 is 1.09 bits per heavy atom. The van der Waals surface area contributed by atoms with Crippen molar-refractivity contribution < 1.29 is 4.74 Å². The van der Waals surface area contributed by atoms with Gasteiger partial charge in [0.1, 0.15) is 11.6 Å². The average molecular weight is 492 g/mol. The minimum Gasteiger partial charge on any atom is -0.490 e. The summed E-state index contributed by atoms with van der Waals surface area (Å²) >= 11 is 3.45. The zero-order valence-electron chi connectivity index (χ0n) is 18.7. The Hall–Kier alpha value is -2.99. The molecule has 4 aromatic rings. The van der Waals surface area contributed by atoms with E-state index in [1.54, 1.807) is 12.3 Å². The van der Waals surface area contributed by atoms with Gasteiger partial charge in [0.15, 0.2) is 0 Å². The lowest BCUT2D eigenvalue weighted by molar-refractivity contribution is 0.217. The third-order valence-electron chi connectivity index (χ3n) is 5.49. The van der Waals surface area contributed by atoms with Crippen molar-refractivity contribution in [3.05, 3.63) is 80.8 Å². The zero-order chi connectivity index (χ0) is 22.8. The third kappa shape index (κ3) is 4.32. The SMILES string of the molecule is CC[C@@H](C)Oc1ccc2ccccc2c1C=Nn1c(C(C)C)nc2ccc(Br)cc2c1=O. The highest BCUT2D eigenvalue weighted by molar-refractivity contribution is 9.10. The highest BCUT2D eigenvalue weighted by Crippen LogP contribution is 2.28. The quantitative estimate of drug-likeness (QED) is 0.289. The van der Waals surface area contributed by atoms with Crippen LogP contribution in [-0.2, 0) is 0 Å². The lowest BCUT2D eigenvalue weighted by Gasteiger charge is -2.16. The predicted molar refractivity (Wildman–Crippen MR) is 135 cm³/mol. The molecule has 164 valence electrons. The maximum atomic E-state index is 13.4. The number of nitrogens with zero attached hydrogens (tertiary/aromatic N) is 3. The zero-order valence-corrected chi connectivity index (χ0v) is 20.3. The molecule has 0 radical (unpaired) electrons. The van der Waals surface area contributed by atoms with Gasteiger partial charge in [-0.15, -0.1) is 0 Å². The van der Waals surface area contributed by atoms with E-state index in [0.29, 0.717) is 16.7 Å². The van der Waals surface area contributed by atoms with E-state index in [2.05, 4.69) is 34.0 Å². The molecule has 4 rings (SSSR count). The first-order valence-electron chi connectivity index (χ1n) is 10.8. The number of hydrogen-bond acceptors (Lipinski definition) is 4. The summed E-state index contributed by atoms with van der Waals surface area (Å²) < 4.78 is 8.42. The maximum Gasteiger partial charge on any atom is 0.282 e. The van der Waals surface area contributed by atoms with Gasteiger partial charge >= 0.3 is 0 Å². The Morgan fingerprint density at radius 2 is 1.88 bits per heavy atom. The van der Waals surface area contributed by atoms with Crippen LogP contribution >= 0.6 is 15.9 Å². The highest BCUT2D eigenvalue weighted by Gasteiger charge is 2.15. The van der Waals surface area contributed by atoms with E-state index in [9.17, 15) is 4.79 Å². The maximum absolute atomic E-state index is 13.4. The summed E-state index contributed by atoms with van der Waals surface area (Å²) in [7, 11) is 0. The lowest BCUT2D eigenvalue weighted by Crippen LogP contribution is -2.23. The van der Waals surface area contributed by atoms with Gasteiger partial charge in [-0.2, -0.15) is 9.78 Å². The molecule has 3 aromatic carbocycles. The first-order valence-corrected chi connectivity index (χ1v) is 11.6. The number of benzene rings is 3. The van der Waals surface area contributed by atoms with E-state index >= 15 is 0 Å². The number of aromatic nitrogens is 2. The van der Waals surface area contributed by atoms with E-state index in [-0.39, 0.29) is 17.6 Å². The van der Waals surface area contributed by atoms with Crippen LogP contribution in [0.3, 0.4) is 0 Å². The fraction of sp³-hybridized carbons (Fsp3) is 0.269. The molecular weight excluding hydrogens is 466 g/mol. The fourth-order valence-corrected chi connectivity index (χ4v) is 3.94. The molecule has 32 heavy (non-hydrogen) atoms. The third-order valence-corrected chi connectivity index (χ3v) is 5.98. The molecule has 0 amide bonds. The minimum atomic E-state index is -0.194. The van der Waals surface area contributed by atoms with Crippen molar-refractivity contribution in [2.45, 2.75) is 46.1 Å². The molecule has 0 unspecified atom stereocenters. The summed E-state index contributed by atoms with van der Waals surface area (Å²) in [6, 6.07) is 17.6. The normalized spacial score (nSPS) is 12.8. The molecule has 0 bridgehead atoms. The monoisotopic (exact) mass is 491 g/mol. The van der Waals surface area contributed by atoms with Gasteiger partial charge in [0, 0.05) is 16.0 Å². The fourth-order valence-electron chi connectivity index (χ4n) is 3.58. The van der Waals surface area contributed by atoms with Crippen LogP contribution < -0.4 is 10.3 Å². The second kappa shape index (κ2) is 9.25. The summed E-state index contributed by atoms with van der Waals surface area (Å²) in [6.07, 6.45) is 2.68. The van der Waals surface area contributed by atoms with Gasteiger partial charge in [-0.25, -0.2) is 4.98 Å². The van der Waals surface area contributed by atoms with Gasteiger partial charge in [-0.1, -0.05) is 67.0 Å². The Morgan fingerprint density at radius 3 is 2.62 bits per heavy atom. The number of hydrogen-bond donors (Lipinski definition) is 0. The Bertz CT molecular complexity index is 1380. The number of halogens is 1. The Labute approximate surface area is 195 Å². The molecule has 0 saturated heterocycles. The molecule has 0 N–H and O–H groups in total. The van der Waals surface area contributed by atoms with E-state index in [0.717, 1.165) is 33.0 Å². The van der Waals surface area contributed by atoms with Crippen molar-refractivity contribution >= 4 is 43.8 Å². The molecule has 0 aliphatic heterocycles. The molecule has 0 saturated carbocycles. The van der Waals surface area contributed by atoms with Gasteiger partial charge in [0.05, 0.1) is 23.2 Å². The molecule has 1 aromatic heterocycles. The summed E-state index contributed by atoms with van der Waals surface area (Å²) in [5.74, 6) is 1.39. The highest BCUT2D eigenvalue weighted by atomic mass is 79.9. The molecule has 1 heterocycles. The molecule has 5 nitrogen and oxygen atoms in total. The predicted octanol–water partition coefficient (Wildman–Crippen LogP) is 6.50. The van der Waals surface area contributed by atoms with Crippen molar-refractivity contribution in [3.63, 3.8) is 0 Å². The second-order valence-corrected chi connectivity index (χ2v) is 9.10. The van der Waals surface area contributed by atoms with Gasteiger partial charge in [0.25, 0.3) is 5.56 Å². The van der Waals surface area contributed by atoms with Gasteiger partial charge in [-0.3, -0.25) is 4.79 Å². The minimum absolute atomic E-state index is 0.0243. The van der Waals surface area contributed by atoms with Crippen LogP contribution in [0, 0.1) is 0 Å². The average Bonchev–Trinajstić information content (AvgIpc) is 2.79. The van der Waals surface area contributed by atoms with Gasteiger partial charge in [-0.05, 0) is 48.4 Å². The van der Waals surface area contributed by atoms with Crippen LogP contribution in [0.15, 0.2) is 69.0 Å². The molecular formula is C26H26BrN3O2. The van der Waals surface area contributed by atoms with Crippen molar-refractivity contribution in [2.24, 2.45) is 5.10 Å². The van der Waals surface area contributed by atoms with E-state index < -0.39 is 0 Å². The summed E-state index contributed by atoms with van der Waals surface area (Å²) in [6.45, 7) is 8.15. The van der Waals surface area contributed by atoms with Crippen LogP contribution in [0.1, 0.15) is 51.4 Å². The van der Waals surface area contributed by atoms with Crippen LogP contribution in [0.5, 0.6) is 5.75 Å². The summed E-state index contributed by atoms with van der Waals surface area (Å²) in [5.41, 5.74) is 1.32. The smallest absolute Gasteiger partial charge is 0.282 e. The van der Waals surface area contributed by atoms with E-state index in [1.807, 2.05) is 63.2 Å². The standard InChI is InChI=1S/C26H26BrN3O2/c1-5-17(4)32-24-13-10-18-8-6-7-9-20(18)22(24)15-28-30-25(16(2)3)29-23-12-11-19(27)14-21(23)26(30)31/h6-17H,5H2,1-4H3/t17-/m1/s1. The van der Waals surface area contributed by atoms with Crippen LogP contribution in [0.4, 0.5) is 0 Å². The largest absolute Gasteiger partial charge is 0.490 e. The van der Waals surface area contributed by atoms with E-state index in [4.69, 9.17) is 9.72 Å². The molecule has 0 fully saturated rings.